The van der Waals surface area contributed by atoms with E-state index in [4.69, 9.17) is 0 Å². The number of amides is 1. The predicted molar refractivity (Wildman–Crippen MR) is 99.0 cm³/mol. The SMILES string of the molecule is O=C(c1cc(C2CC2)[nH]n1)N1CCC[C@H](Cc2nc3ccccc3[nH]2)C1. The average molecular weight is 349 g/mol. The molecule has 0 spiro atoms. The number of aromatic amines is 2. The zero-order valence-corrected chi connectivity index (χ0v) is 14.7. The average Bonchev–Trinajstić information content (AvgIpc) is 3.25. The summed E-state index contributed by atoms with van der Waals surface area (Å²) in [6.45, 7) is 1.60. The molecule has 1 atom stereocenters. The van der Waals surface area contributed by atoms with Crippen molar-refractivity contribution in [3.8, 4) is 0 Å². The Morgan fingerprint density at radius 3 is 2.96 bits per heavy atom. The van der Waals surface area contributed by atoms with Crippen molar-refractivity contribution in [3.05, 3.63) is 47.5 Å². The van der Waals surface area contributed by atoms with Crippen LogP contribution in [0.15, 0.2) is 30.3 Å². The molecule has 2 fully saturated rings. The lowest BCUT2D eigenvalue weighted by Gasteiger charge is -2.32. The number of carbonyl (C=O) groups is 1. The van der Waals surface area contributed by atoms with E-state index in [1.54, 1.807) is 0 Å². The zero-order valence-electron chi connectivity index (χ0n) is 14.7. The van der Waals surface area contributed by atoms with Gasteiger partial charge in [0.15, 0.2) is 0 Å². The summed E-state index contributed by atoms with van der Waals surface area (Å²) < 4.78 is 0. The van der Waals surface area contributed by atoms with Gasteiger partial charge in [-0.3, -0.25) is 9.89 Å². The number of nitrogens with one attached hydrogen (secondary N) is 2. The lowest BCUT2D eigenvalue weighted by Crippen LogP contribution is -2.40. The van der Waals surface area contributed by atoms with Gasteiger partial charge in [0.25, 0.3) is 5.91 Å². The summed E-state index contributed by atoms with van der Waals surface area (Å²) in [4.78, 5) is 22.9. The Bertz CT molecular complexity index is 905. The number of fused-ring (bicyclic) bond motifs is 1. The van der Waals surface area contributed by atoms with Gasteiger partial charge < -0.3 is 9.88 Å². The number of piperidine rings is 1. The van der Waals surface area contributed by atoms with Crippen LogP contribution in [-0.2, 0) is 6.42 Å². The first kappa shape index (κ1) is 15.6. The van der Waals surface area contributed by atoms with E-state index in [9.17, 15) is 4.79 Å². The summed E-state index contributed by atoms with van der Waals surface area (Å²) in [5.74, 6) is 2.10. The zero-order chi connectivity index (χ0) is 17.5. The molecular weight excluding hydrogens is 326 g/mol. The fourth-order valence-electron chi connectivity index (χ4n) is 4.00. The van der Waals surface area contributed by atoms with Crippen molar-refractivity contribution >= 4 is 16.9 Å². The molecule has 134 valence electrons. The lowest BCUT2D eigenvalue weighted by atomic mass is 9.94. The van der Waals surface area contributed by atoms with Crippen molar-refractivity contribution in [2.24, 2.45) is 5.92 Å². The summed E-state index contributed by atoms with van der Waals surface area (Å²) in [5, 5.41) is 7.30. The van der Waals surface area contributed by atoms with Crippen molar-refractivity contribution in [2.45, 2.75) is 38.0 Å². The van der Waals surface area contributed by atoms with Crippen molar-refractivity contribution in [1.29, 1.82) is 0 Å². The lowest BCUT2D eigenvalue weighted by molar-refractivity contribution is 0.0666. The van der Waals surface area contributed by atoms with Gasteiger partial charge in [0, 0.05) is 31.1 Å². The second kappa shape index (κ2) is 6.27. The highest BCUT2D eigenvalue weighted by Crippen LogP contribution is 2.39. The van der Waals surface area contributed by atoms with Crippen molar-refractivity contribution in [2.75, 3.05) is 13.1 Å². The monoisotopic (exact) mass is 349 g/mol. The Kier molecular flexibility index (Phi) is 3.76. The van der Waals surface area contributed by atoms with Gasteiger partial charge in [-0.15, -0.1) is 0 Å². The first-order valence-electron chi connectivity index (χ1n) is 9.54. The molecule has 5 rings (SSSR count). The van der Waals surface area contributed by atoms with Crippen LogP contribution in [0, 0.1) is 5.92 Å². The van der Waals surface area contributed by atoms with Crippen LogP contribution in [-0.4, -0.2) is 44.1 Å². The molecule has 6 nitrogen and oxygen atoms in total. The van der Waals surface area contributed by atoms with Gasteiger partial charge in [-0.1, -0.05) is 12.1 Å². The molecule has 3 heterocycles. The molecule has 1 saturated heterocycles. The summed E-state index contributed by atoms with van der Waals surface area (Å²) in [7, 11) is 0. The van der Waals surface area contributed by atoms with E-state index < -0.39 is 0 Å². The van der Waals surface area contributed by atoms with E-state index in [0.29, 0.717) is 17.5 Å². The minimum atomic E-state index is 0.0578. The van der Waals surface area contributed by atoms with E-state index in [1.807, 2.05) is 29.2 Å². The number of H-pyrrole nitrogens is 2. The van der Waals surface area contributed by atoms with Crippen LogP contribution in [0.2, 0.25) is 0 Å². The van der Waals surface area contributed by atoms with Crippen LogP contribution in [0.4, 0.5) is 0 Å². The van der Waals surface area contributed by atoms with Gasteiger partial charge in [0.1, 0.15) is 11.5 Å². The number of hydrogen-bond acceptors (Lipinski definition) is 3. The molecule has 1 aliphatic carbocycles. The number of nitrogens with zero attached hydrogens (tertiary/aromatic N) is 3. The largest absolute Gasteiger partial charge is 0.342 e. The minimum Gasteiger partial charge on any atom is -0.342 e. The summed E-state index contributed by atoms with van der Waals surface area (Å²) in [6.07, 6.45) is 5.47. The van der Waals surface area contributed by atoms with Gasteiger partial charge in [-0.25, -0.2) is 4.98 Å². The number of benzene rings is 1. The van der Waals surface area contributed by atoms with Crippen LogP contribution in [0.5, 0.6) is 0 Å². The van der Waals surface area contributed by atoms with Crippen LogP contribution >= 0.6 is 0 Å². The number of likely N-dealkylation sites (tertiary alicyclic amines) is 1. The molecule has 2 N–H and O–H groups in total. The Balaban J connectivity index is 1.27. The maximum Gasteiger partial charge on any atom is 0.274 e. The van der Waals surface area contributed by atoms with Gasteiger partial charge >= 0.3 is 0 Å². The highest BCUT2D eigenvalue weighted by atomic mass is 16.2. The molecule has 2 aromatic heterocycles. The number of rotatable bonds is 4. The van der Waals surface area contributed by atoms with Crippen LogP contribution in [0.25, 0.3) is 11.0 Å². The van der Waals surface area contributed by atoms with Crippen molar-refractivity contribution in [1.82, 2.24) is 25.1 Å². The highest BCUT2D eigenvalue weighted by Gasteiger charge is 2.29. The predicted octanol–water partition coefficient (Wildman–Crippen LogP) is 3.26. The Morgan fingerprint density at radius 1 is 1.23 bits per heavy atom. The molecule has 3 aromatic rings. The Labute approximate surface area is 152 Å². The van der Waals surface area contributed by atoms with Crippen LogP contribution in [0.3, 0.4) is 0 Å². The van der Waals surface area contributed by atoms with Gasteiger partial charge in [-0.2, -0.15) is 5.10 Å². The third kappa shape index (κ3) is 3.00. The maximum atomic E-state index is 12.8. The van der Waals surface area contributed by atoms with E-state index in [2.05, 4.69) is 26.2 Å². The van der Waals surface area contributed by atoms with Gasteiger partial charge in [-0.05, 0) is 49.8 Å². The minimum absolute atomic E-state index is 0.0578. The molecule has 1 amide bonds. The first-order chi connectivity index (χ1) is 12.8. The topological polar surface area (TPSA) is 77.7 Å². The standard InChI is InChI=1S/C20H23N5O/c26-20(18-11-17(23-24-18)14-7-8-14)25-9-3-4-13(12-25)10-19-21-15-5-1-2-6-16(15)22-19/h1-2,5-6,11,13-14H,3-4,7-10,12H2,(H,21,22)(H,23,24)/t13-/m1/s1. The number of aromatic nitrogens is 4. The molecule has 0 bridgehead atoms. The number of carbonyl (C=O) groups excluding carboxylic acids is 1. The molecule has 1 aliphatic heterocycles. The molecule has 2 aliphatic rings. The quantitative estimate of drug-likeness (QED) is 0.759. The summed E-state index contributed by atoms with van der Waals surface area (Å²) in [5.41, 5.74) is 3.77. The third-order valence-electron chi connectivity index (χ3n) is 5.56. The molecule has 26 heavy (non-hydrogen) atoms. The van der Waals surface area contributed by atoms with Gasteiger partial charge in [0.2, 0.25) is 0 Å². The van der Waals surface area contributed by atoms with Crippen LogP contribution in [0.1, 0.15) is 53.6 Å². The molecular formula is C20H23N5O. The maximum absolute atomic E-state index is 12.8. The van der Waals surface area contributed by atoms with Crippen molar-refractivity contribution < 1.29 is 4.79 Å². The van der Waals surface area contributed by atoms with E-state index in [-0.39, 0.29) is 5.91 Å². The fourth-order valence-corrected chi connectivity index (χ4v) is 4.00. The second-order valence-electron chi connectivity index (χ2n) is 7.65. The number of imidazole rings is 1. The Morgan fingerprint density at radius 2 is 2.12 bits per heavy atom. The summed E-state index contributed by atoms with van der Waals surface area (Å²) >= 11 is 0. The Hall–Kier alpha value is -2.63. The van der Waals surface area contributed by atoms with E-state index >= 15 is 0 Å². The van der Waals surface area contributed by atoms with Gasteiger partial charge in [0.05, 0.1) is 11.0 Å². The molecule has 0 radical (unpaired) electrons. The van der Waals surface area contributed by atoms with E-state index in [1.165, 1.54) is 12.8 Å². The number of para-hydroxylation sites is 2. The molecule has 1 saturated carbocycles. The molecule has 1 aromatic carbocycles. The molecule has 0 unspecified atom stereocenters. The first-order valence-corrected chi connectivity index (χ1v) is 9.54. The fraction of sp³-hybridized carbons (Fsp3) is 0.450. The smallest absolute Gasteiger partial charge is 0.274 e. The molecule has 6 heteroatoms. The van der Waals surface area contributed by atoms with Crippen LogP contribution < -0.4 is 0 Å². The third-order valence-corrected chi connectivity index (χ3v) is 5.56. The highest BCUT2D eigenvalue weighted by molar-refractivity contribution is 5.92. The van der Waals surface area contributed by atoms with Crippen molar-refractivity contribution in [3.63, 3.8) is 0 Å². The normalized spacial score (nSPS) is 20.6. The van der Waals surface area contributed by atoms with E-state index in [0.717, 1.165) is 54.9 Å². The number of hydrogen-bond donors (Lipinski definition) is 2. The summed E-state index contributed by atoms with van der Waals surface area (Å²) in [6, 6.07) is 10.1. The second-order valence-corrected chi connectivity index (χ2v) is 7.65.